The molecule has 0 unspecified atom stereocenters. The largest absolute Gasteiger partial charge is 0.274 e. The molecule has 2 aromatic rings. The van der Waals surface area contributed by atoms with E-state index in [2.05, 4.69) is 43.6 Å². The highest BCUT2D eigenvalue weighted by molar-refractivity contribution is 6.33. The second kappa shape index (κ2) is 8.57. The molecule has 0 saturated carbocycles. The topological polar surface area (TPSA) is 76.0 Å². The third-order valence-corrected chi connectivity index (χ3v) is 4.70. The molecule has 0 aliphatic carbocycles. The maximum atomic E-state index is 12.4. The second-order valence-electron chi connectivity index (χ2n) is 7.56. The van der Waals surface area contributed by atoms with Crippen LogP contribution >= 0.6 is 11.6 Å². The SMILES string of the molecule is CCCCn1nc(C)c(C(=O)NNC(=O)c2ccc(C(C)(C)C)cc2)c1Cl. The summed E-state index contributed by atoms with van der Waals surface area (Å²) in [4.78, 5) is 24.7. The highest BCUT2D eigenvalue weighted by Gasteiger charge is 2.21. The van der Waals surface area contributed by atoms with Crippen LogP contribution in [0.5, 0.6) is 0 Å². The minimum Gasteiger partial charge on any atom is -0.267 e. The van der Waals surface area contributed by atoms with E-state index >= 15 is 0 Å². The number of hydrogen-bond donors (Lipinski definition) is 2. The Hall–Kier alpha value is -2.34. The molecule has 0 aliphatic heterocycles. The van der Waals surface area contributed by atoms with E-state index in [1.807, 2.05) is 12.1 Å². The monoisotopic (exact) mass is 390 g/mol. The van der Waals surface area contributed by atoms with Crippen molar-refractivity contribution in [3.05, 3.63) is 51.8 Å². The number of benzene rings is 1. The van der Waals surface area contributed by atoms with Crippen LogP contribution in [-0.4, -0.2) is 21.6 Å². The lowest BCUT2D eigenvalue weighted by molar-refractivity contribution is 0.0846. The fourth-order valence-electron chi connectivity index (χ4n) is 2.64. The number of hydrogen-bond acceptors (Lipinski definition) is 3. The van der Waals surface area contributed by atoms with Gasteiger partial charge < -0.3 is 0 Å². The lowest BCUT2D eigenvalue weighted by atomic mass is 9.87. The first kappa shape index (κ1) is 21.0. The molecule has 0 atom stereocenters. The summed E-state index contributed by atoms with van der Waals surface area (Å²) in [5.74, 6) is -0.879. The van der Waals surface area contributed by atoms with Gasteiger partial charge in [0.25, 0.3) is 11.8 Å². The van der Waals surface area contributed by atoms with Gasteiger partial charge in [-0.1, -0.05) is 57.8 Å². The zero-order valence-electron chi connectivity index (χ0n) is 16.5. The Morgan fingerprint density at radius 3 is 2.26 bits per heavy atom. The number of hydrazine groups is 1. The van der Waals surface area contributed by atoms with Gasteiger partial charge in [0.05, 0.1) is 5.69 Å². The molecule has 2 amide bonds. The number of amides is 2. The van der Waals surface area contributed by atoms with Crippen molar-refractivity contribution < 1.29 is 9.59 Å². The molecule has 1 aromatic heterocycles. The maximum absolute atomic E-state index is 12.4. The van der Waals surface area contributed by atoms with Crippen LogP contribution in [0.3, 0.4) is 0 Å². The van der Waals surface area contributed by atoms with E-state index in [1.165, 1.54) is 0 Å². The standard InChI is InChI=1S/C20H27ClN4O2/c1-6-7-12-25-17(21)16(13(2)24-25)19(27)23-22-18(26)14-8-10-15(11-9-14)20(3,4)5/h8-11H,6-7,12H2,1-5H3,(H,22,26)(H,23,27). The Morgan fingerprint density at radius 2 is 1.70 bits per heavy atom. The van der Waals surface area contributed by atoms with Crippen molar-refractivity contribution in [1.29, 1.82) is 0 Å². The van der Waals surface area contributed by atoms with Gasteiger partial charge in [-0.05, 0) is 36.5 Å². The van der Waals surface area contributed by atoms with Crippen molar-refractivity contribution in [2.45, 2.75) is 59.4 Å². The summed E-state index contributed by atoms with van der Waals surface area (Å²) in [6.45, 7) is 10.8. The van der Waals surface area contributed by atoms with Crippen molar-refractivity contribution in [1.82, 2.24) is 20.6 Å². The minimum absolute atomic E-state index is 0.00936. The molecule has 7 heteroatoms. The number of unbranched alkanes of at least 4 members (excludes halogenated alkanes) is 1. The van der Waals surface area contributed by atoms with Crippen molar-refractivity contribution in [2.24, 2.45) is 0 Å². The Balaban J connectivity index is 2.03. The zero-order chi connectivity index (χ0) is 20.2. The number of aromatic nitrogens is 2. The van der Waals surface area contributed by atoms with Gasteiger partial charge in [-0.25, -0.2) is 0 Å². The fourth-order valence-corrected chi connectivity index (χ4v) is 2.98. The van der Waals surface area contributed by atoms with Gasteiger partial charge in [-0.2, -0.15) is 5.10 Å². The average Bonchev–Trinajstić information content (AvgIpc) is 2.90. The molecule has 0 bridgehead atoms. The lowest BCUT2D eigenvalue weighted by Gasteiger charge is -2.19. The molecule has 1 heterocycles. The van der Waals surface area contributed by atoms with Crippen LogP contribution in [0.2, 0.25) is 5.15 Å². The molecule has 1 aromatic carbocycles. The maximum Gasteiger partial charge on any atom is 0.274 e. The zero-order valence-corrected chi connectivity index (χ0v) is 17.3. The fraction of sp³-hybridized carbons (Fsp3) is 0.450. The summed E-state index contributed by atoms with van der Waals surface area (Å²) in [6, 6.07) is 7.30. The highest BCUT2D eigenvalue weighted by Crippen LogP contribution is 2.22. The minimum atomic E-state index is -0.486. The number of nitrogens with zero attached hydrogens (tertiary/aromatic N) is 2. The van der Waals surface area contributed by atoms with E-state index in [-0.39, 0.29) is 16.1 Å². The lowest BCUT2D eigenvalue weighted by Crippen LogP contribution is -2.41. The molecule has 0 fully saturated rings. The first-order chi connectivity index (χ1) is 12.6. The van der Waals surface area contributed by atoms with Gasteiger partial charge in [0, 0.05) is 12.1 Å². The first-order valence-electron chi connectivity index (χ1n) is 9.09. The van der Waals surface area contributed by atoms with Crippen LogP contribution in [0, 0.1) is 6.92 Å². The summed E-state index contributed by atoms with van der Waals surface area (Å²) in [5, 5.41) is 4.58. The van der Waals surface area contributed by atoms with Gasteiger partial charge >= 0.3 is 0 Å². The van der Waals surface area contributed by atoms with Crippen LogP contribution in [0.15, 0.2) is 24.3 Å². The molecule has 0 spiro atoms. The number of aryl methyl sites for hydroxylation is 2. The quantitative estimate of drug-likeness (QED) is 0.757. The highest BCUT2D eigenvalue weighted by atomic mass is 35.5. The smallest absolute Gasteiger partial charge is 0.267 e. The molecule has 2 N–H and O–H groups in total. The summed E-state index contributed by atoms with van der Waals surface area (Å²) >= 11 is 6.28. The predicted molar refractivity (Wildman–Crippen MR) is 107 cm³/mol. The number of halogens is 1. The van der Waals surface area contributed by atoms with Gasteiger partial charge in [-0.3, -0.25) is 25.1 Å². The van der Waals surface area contributed by atoms with Gasteiger partial charge in [0.2, 0.25) is 0 Å². The number of rotatable bonds is 5. The van der Waals surface area contributed by atoms with E-state index in [0.717, 1.165) is 18.4 Å². The molecule has 146 valence electrons. The molecule has 0 radical (unpaired) electrons. The average molecular weight is 391 g/mol. The van der Waals surface area contributed by atoms with E-state index in [1.54, 1.807) is 23.7 Å². The van der Waals surface area contributed by atoms with Crippen LogP contribution in [0.25, 0.3) is 0 Å². The summed E-state index contributed by atoms with van der Waals surface area (Å²) in [6.07, 6.45) is 1.92. The van der Waals surface area contributed by atoms with Gasteiger partial charge in [0.15, 0.2) is 0 Å². The van der Waals surface area contributed by atoms with E-state index < -0.39 is 11.8 Å². The first-order valence-corrected chi connectivity index (χ1v) is 9.47. The number of carbonyl (C=O) groups excluding carboxylic acids is 2. The molecule has 2 rings (SSSR count). The Kier molecular flexibility index (Phi) is 6.65. The van der Waals surface area contributed by atoms with Crippen molar-refractivity contribution in [3.63, 3.8) is 0 Å². The van der Waals surface area contributed by atoms with E-state index in [9.17, 15) is 9.59 Å². The van der Waals surface area contributed by atoms with Crippen LogP contribution in [-0.2, 0) is 12.0 Å². The van der Waals surface area contributed by atoms with Crippen molar-refractivity contribution in [2.75, 3.05) is 0 Å². The molecule has 0 saturated heterocycles. The normalized spacial score (nSPS) is 11.3. The van der Waals surface area contributed by atoms with Crippen LogP contribution < -0.4 is 10.9 Å². The van der Waals surface area contributed by atoms with Gasteiger partial charge in [0.1, 0.15) is 10.7 Å². The van der Waals surface area contributed by atoms with Crippen LogP contribution in [0.1, 0.15) is 72.5 Å². The van der Waals surface area contributed by atoms with Crippen LogP contribution in [0.4, 0.5) is 0 Å². The third-order valence-electron chi connectivity index (χ3n) is 4.32. The Morgan fingerprint density at radius 1 is 1.11 bits per heavy atom. The molecular weight excluding hydrogens is 364 g/mol. The van der Waals surface area contributed by atoms with Crippen molar-refractivity contribution in [3.8, 4) is 0 Å². The number of nitrogens with one attached hydrogen (secondary N) is 2. The predicted octanol–water partition coefficient (Wildman–Crippen LogP) is 4.02. The van der Waals surface area contributed by atoms with E-state index in [4.69, 9.17) is 11.6 Å². The number of carbonyl (C=O) groups is 2. The molecule has 0 aliphatic rings. The molecule has 27 heavy (non-hydrogen) atoms. The van der Waals surface area contributed by atoms with E-state index in [0.29, 0.717) is 17.8 Å². The molecule has 6 nitrogen and oxygen atoms in total. The summed E-state index contributed by atoms with van der Waals surface area (Å²) in [7, 11) is 0. The van der Waals surface area contributed by atoms with Crippen molar-refractivity contribution >= 4 is 23.4 Å². The third kappa shape index (κ3) is 5.10. The Labute approximate surface area is 165 Å². The summed E-state index contributed by atoms with van der Waals surface area (Å²) < 4.78 is 1.61. The Bertz CT molecular complexity index is 820. The summed E-state index contributed by atoms with van der Waals surface area (Å²) in [5.41, 5.74) is 7.25. The molecular formula is C20H27ClN4O2. The second-order valence-corrected chi connectivity index (χ2v) is 7.92. The van der Waals surface area contributed by atoms with Gasteiger partial charge in [-0.15, -0.1) is 0 Å².